The van der Waals surface area contributed by atoms with Crippen LogP contribution < -0.4 is 0 Å². The lowest BCUT2D eigenvalue weighted by Crippen LogP contribution is -2.18. The van der Waals surface area contributed by atoms with Crippen molar-refractivity contribution in [3.05, 3.63) is 53.2 Å². The Morgan fingerprint density at radius 3 is 3.00 bits per heavy atom. The maximum atomic E-state index is 12.2. The first-order valence-electron chi connectivity index (χ1n) is 7.94. The monoisotopic (exact) mass is 295 g/mol. The predicted molar refractivity (Wildman–Crippen MR) is 87.8 cm³/mol. The first-order chi connectivity index (χ1) is 10.7. The SMILES string of the molecule is CCOC(=O)C1=CCCCC1c1cc(C)c2ccccc2n1. The molecule has 22 heavy (non-hydrogen) atoms. The van der Waals surface area contributed by atoms with Crippen molar-refractivity contribution in [1.82, 2.24) is 4.98 Å². The zero-order chi connectivity index (χ0) is 15.5. The summed E-state index contributed by atoms with van der Waals surface area (Å²) in [7, 11) is 0. The molecule has 1 heterocycles. The van der Waals surface area contributed by atoms with Gasteiger partial charge >= 0.3 is 5.97 Å². The lowest BCUT2D eigenvalue weighted by molar-refractivity contribution is -0.139. The second-order valence-electron chi connectivity index (χ2n) is 5.74. The number of allylic oxidation sites excluding steroid dienone is 1. The zero-order valence-electron chi connectivity index (χ0n) is 13.1. The molecule has 1 unspecified atom stereocenters. The van der Waals surface area contributed by atoms with Crippen LogP contribution in [0.2, 0.25) is 0 Å². The lowest BCUT2D eigenvalue weighted by atomic mass is 9.84. The van der Waals surface area contributed by atoms with E-state index >= 15 is 0 Å². The predicted octanol–water partition coefficient (Wildman–Crippen LogP) is 4.30. The van der Waals surface area contributed by atoms with Crippen molar-refractivity contribution in [3.63, 3.8) is 0 Å². The molecular formula is C19H21NO2. The van der Waals surface area contributed by atoms with Crippen LogP contribution in [0.1, 0.15) is 43.4 Å². The van der Waals surface area contributed by atoms with Gasteiger partial charge in [0, 0.05) is 22.6 Å². The zero-order valence-corrected chi connectivity index (χ0v) is 13.1. The second kappa shape index (κ2) is 6.30. The van der Waals surface area contributed by atoms with E-state index in [1.807, 2.05) is 31.2 Å². The largest absolute Gasteiger partial charge is 0.463 e. The van der Waals surface area contributed by atoms with Crippen molar-refractivity contribution in [2.24, 2.45) is 0 Å². The summed E-state index contributed by atoms with van der Waals surface area (Å²) in [6.07, 6.45) is 5.01. The molecule has 3 heteroatoms. The van der Waals surface area contributed by atoms with Gasteiger partial charge < -0.3 is 4.74 Å². The Morgan fingerprint density at radius 1 is 1.36 bits per heavy atom. The number of hydrogen-bond donors (Lipinski definition) is 0. The summed E-state index contributed by atoms with van der Waals surface area (Å²) in [4.78, 5) is 17.0. The number of rotatable bonds is 3. The summed E-state index contributed by atoms with van der Waals surface area (Å²) < 4.78 is 5.22. The van der Waals surface area contributed by atoms with E-state index in [1.54, 1.807) is 0 Å². The highest BCUT2D eigenvalue weighted by molar-refractivity contribution is 5.90. The molecule has 1 aromatic heterocycles. The molecule has 0 N–H and O–H groups in total. The molecule has 2 aromatic rings. The van der Waals surface area contributed by atoms with Crippen LogP contribution in [-0.4, -0.2) is 17.6 Å². The molecule has 0 spiro atoms. The summed E-state index contributed by atoms with van der Waals surface area (Å²) in [5.74, 6) is -0.143. The van der Waals surface area contributed by atoms with Crippen molar-refractivity contribution in [2.75, 3.05) is 6.61 Å². The minimum Gasteiger partial charge on any atom is -0.463 e. The highest BCUT2D eigenvalue weighted by Crippen LogP contribution is 2.35. The van der Waals surface area contributed by atoms with Gasteiger partial charge in [-0.05, 0) is 50.8 Å². The van der Waals surface area contributed by atoms with Gasteiger partial charge in [-0.25, -0.2) is 4.79 Å². The van der Waals surface area contributed by atoms with Crippen molar-refractivity contribution < 1.29 is 9.53 Å². The number of carbonyl (C=O) groups is 1. The fourth-order valence-electron chi connectivity index (χ4n) is 3.18. The number of aryl methyl sites for hydroxylation is 1. The molecule has 1 aliphatic rings. The Balaban J connectivity index is 2.03. The summed E-state index contributed by atoms with van der Waals surface area (Å²) in [5, 5.41) is 1.17. The minimum atomic E-state index is -0.195. The van der Waals surface area contributed by atoms with Gasteiger partial charge in [0.15, 0.2) is 0 Å². The first kappa shape index (κ1) is 14.8. The third-order valence-electron chi connectivity index (χ3n) is 4.25. The van der Waals surface area contributed by atoms with Gasteiger partial charge in [-0.15, -0.1) is 0 Å². The highest BCUT2D eigenvalue weighted by Gasteiger charge is 2.27. The third-order valence-corrected chi connectivity index (χ3v) is 4.25. The molecule has 3 rings (SSSR count). The number of esters is 1. The number of fused-ring (bicyclic) bond motifs is 1. The molecule has 0 aliphatic heterocycles. The van der Waals surface area contributed by atoms with Crippen LogP contribution in [0.4, 0.5) is 0 Å². The standard InChI is InChI=1S/C19H21NO2/c1-3-22-19(21)16-10-5-4-9-15(16)18-12-13(2)14-8-6-7-11-17(14)20-18/h6-8,10-12,15H,3-5,9H2,1-2H3. The topological polar surface area (TPSA) is 39.2 Å². The van der Waals surface area contributed by atoms with Crippen molar-refractivity contribution in [3.8, 4) is 0 Å². The molecule has 1 aromatic carbocycles. The van der Waals surface area contributed by atoms with E-state index in [4.69, 9.17) is 9.72 Å². The molecule has 0 fully saturated rings. The smallest absolute Gasteiger partial charge is 0.334 e. The van der Waals surface area contributed by atoms with Gasteiger partial charge in [-0.1, -0.05) is 24.3 Å². The number of nitrogens with zero attached hydrogens (tertiary/aromatic N) is 1. The molecule has 0 saturated carbocycles. The van der Waals surface area contributed by atoms with E-state index in [0.717, 1.165) is 36.0 Å². The van der Waals surface area contributed by atoms with Crippen LogP contribution in [0, 0.1) is 6.92 Å². The van der Waals surface area contributed by atoms with E-state index < -0.39 is 0 Å². The van der Waals surface area contributed by atoms with Crippen LogP contribution >= 0.6 is 0 Å². The third kappa shape index (κ3) is 2.76. The average molecular weight is 295 g/mol. The van der Waals surface area contributed by atoms with Crippen LogP contribution in [0.3, 0.4) is 0 Å². The second-order valence-corrected chi connectivity index (χ2v) is 5.74. The van der Waals surface area contributed by atoms with E-state index in [-0.39, 0.29) is 11.9 Å². The molecule has 114 valence electrons. The van der Waals surface area contributed by atoms with Crippen LogP contribution in [0.5, 0.6) is 0 Å². The van der Waals surface area contributed by atoms with E-state index in [1.165, 1.54) is 10.9 Å². The minimum absolute atomic E-state index is 0.0520. The molecule has 0 saturated heterocycles. The molecule has 0 amide bonds. The van der Waals surface area contributed by atoms with E-state index in [0.29, 0.717) is 6.61 Å². The van der Waals surface area contributed by atoms with Crippen LogP contribution in [-0.2, 0) is 9.53 Å². The van der Waals surface area contributed by atoms with Gasteiger partial charge in [0.1, 0.15) is 0 Å². The Kier molecular flexibility index (Phi) is 4.23. The van der Waals surface area contributed by atoms with Gasteiger partial charge in [-0.2, -0.15) is 0 Å². The first-order valence-corrected chi connectivity index (χ1v) is 7.94. The lowest BCUT2D eigenvalue weighted by Gasteiger charge is -2.23. The number of pyridine rings is 1. The van der Waals surface area contributed by atoms with E-state index in [2.05, 4.69) is 19.1 Å². The quantitative estimate of drug-likeness (QED) is 0.792. The number of ether oxygens (including phenoxy) is 1. The van der Waals surface area contributed by atoms with Gasteiger partial charge in [0.05, 0.1) is 12.1 Å². The number of carbonyl (C=O) groups excluding carboxylic acids is 1. The summed E-state index contributed by atoms with van der Waals surface area (Å²) in [6, 6.07) is 10.3. The van der Waals surface area contributed by atoms with Crippen LogP contribution in [0.15, 0.2) is 42.0 Å². The number of benzene rings is 1. The molecule has 1 atom stereocenters. The number of aromatic nitrogens is 1. The maximum Gasteiger partial charge on any atom is 0.334 e. The van der Waals surface area contributed by atoms with Crippen molar-refractivity contribution in [2.45, 2.75) is 39.0 Å². The fourth-order valence-corrected chi connectivity index (χ4v) is 3.18. The Morgan fingerprint density at radius 2 is 2.18 bits per heavy atom. The summed E-state index contributed by atoms with van der Waals surface area (Å²) in [5.41, 5.74) is 3.95. The van der Waals surface area contributed by atoms with Gasteiger partial charge in [-0.3, -0.25) is 4.98 Å². The van der Waals surface area contributed by atoms with E-state index in [9.17, 15) is 4.79 Å². The Hall–Kier alpha value is -2.16. The highest BCUT2D eigenvalue weighted by atomic mass is 16.5. The molecular weight excluding hydrogens is 274 g/mol. The van der Waals surface area contributed by atoms with Crippen molar-refractivity contribution >= 4 is 16.9 Å². The van der Waals surface area contributed by atoms with Crippen LogP contribution in [0.25, 0.3) is 10.9 Å². The maximum absolute atomic E-state index is 12.2. The van der Waals surface area contributed by atoms with Gasteiger partial charge in [0.2, 0.25) is 0 Å². The summed E-state index contributed by atoms with van der Waals surface area (Å²) >= 11 is 0. The molecule has 3 nitrogen and oxygen atoms in total. The molecule has 0 bridgehead atoms. The normalized spacial score (nSPS) is 18.1. The Labute approximate surface area is 131 Å². The van der Waals surface area contributed by atoms with Crippen molar-refractivity contribution in [1.29, 1.82) is 0 Å². The average Bonchev–Trinajstić information content (AvgIpc) is 2.55. The molecule has 0 radical (unpaired) electrons. The molecule has 1 aliphatic carbocycles. The van der Waals surface area contributed by atoms with Gasteiger partial charge in [0.25, 0.3) is 0 Å². The fraction of sp³-hybridized carbons (Fsp3) is 0.368. The summed E-state index contributed by atoms with van der Waals surface area (Å²) in [6.45, 7) is 4.35. The number of hydrogen-bond acceptors (Lipinski definition) is 3. The Bertz CT molecular complexity index is 733. The number of para-hydroxylation sites is 1.